The molecule has 0 aliphatic carbocycles. The third-order valence-corrected chi connectivity index (χ3v) is 11.5. The van der Waals surface area contributed by atoms with Gasteiger partial charge < -0.3 is 14.2 Å². The Balaban J connectivity index is 4.14. The Labute approximate surface area is 355 Å². The zero-order chi connectivity index (χ0) is 41.9. The summed E-state index contributed by atoms with van der Waals surface area (Å²) in [5.74, 6) is 0.796. The molecular formula is C51H98O6. The van der Waals surface area contributed by atoms with Crippen LogP contribution in [0, 0.1) is 11.8 Å². The third-order valence-electron chi connectivity index (χ3n) is 11.5. The zero-order valence-electron chi connectivity index (χ0n) is 39.0. The van der Waals surface area contributed by atoms with E-state index in [9.17, 15) is 14.4 Å². The highest BCUT2D eigenvalue weighted by atomic mass is 16.6. The molecule has 0 radical (unpaired) electrons. The summed E-state index contributed by atoms with van der Waals surface area (Å²) in [6.07, 6.45) is 44.0. The van der Waals surface area contributed by atoms with Gasteiger partial charge in [-0.2, -0.15) is 0 Å². The molecule has 57 heavy (non-hydrogen) atoms. The van der Waals surface area contributed by atoms with E-state index in [2.05, 4.69) is 34.6 Å². The third kappa shape index (κ3) is 45.3. The van der Waals surface area contributed by atoms with E-state index >= 15 is 0 Å². The number of rotatable bonds is 45. The molecule has 338 valence electrons. The molecule has 0 spiro atoms. The molecule has 0 aromatic rings. The van der Waals surface area contributed by atoms with E-state index in [0.717, 1.165) is 69.6 Å². The van der Waals surface area contributed by atoms with Gasteiger partial charge in [0.15, 0.2) is 6.10 Å². The minimum absolute atomic E-state index is 0.0650. The molecule has 1 atom stereocenters. The van der Waals surface area contributed by atoms with Crippen LogP contribution in [0.5, 0.6) is 0 Å². The average molecular weight is 807 g/mol. The van der Waals surface area contributed by atoms with Crippen LogP contribution in [-0.2, 0) is 28.6 Å². The van der Waals surface area contributed by atoms with Crippen molar-refractivity contribution in [3.8, 4) is 0 Å². The summed E-state index contributed by atoms with van der Waals surface area (Å²) < 4.78 is 16.7. The molecule has 6 nitrogen and oxygen atoms in total. The van der Waals surface area contributed by atoms with Gasteiger partial charge in [0.05, 0.1) is 0 Å². The van der Waals surface area contributed by atoms with Crippen molar-refractivity contribution in [2.75, 3.05) is 13.2 Å². The van der Waals surface area contributed by atoms with Gasteiger partial charge in [-0.25, -0.2) is 0 Å². The highest BCUT2D eigenvalue weighted by molar-refractivity contribution is 5.71. The largest absolute Gasteiger partial charge is 0.462 e. The fourth-order valence-corrected chi connectivity index (χ4v) is 7.64. The molecule has 0 fully saturated rings. The summed E-state index contributed by atoms with van der Waals surface area (Å²) >= 11 is 0. The van der Waals surface area contributed by atoms with Crippen molar-refractivity contribution in [3.05, 3.63) is 0 Å². The standard InChI is InChI=1S/C51H98O6/c1-6-7-8-9-24-31-36-41-49(52)55-44-48(45-56-50(53)42-37-32-27-23-22-26-30-35-40-47(4)5)57-51(54)43-38-33-28-21-19-17-15-13-11-10-12-14-16-18-20-25-29-34-39-46(2)3/h46-48H,6-45H2,1-5H3/t48-/m0/s1. The molecule has 0 saturated heterocycles. The molecule has 0 unspecified atom stereocenters. The van der Waals surface area contributed by atoms with Gasteiger partial charge in [0.1, 0.15) is 13.2 Å². The lowest BCUT2D eigenvalue weighted by Gasteiger charge is -2.18. The topological polar surface area (TPSA) is 78.9 Å². The van der Waals surface area contributed by atoms with E-state index < -0.39 is 6.10 Å². The minimum Gasteiger partial charge on any atom is -0.462 e. The highest BCUT2D eigenvalue weighted by Gasteiger charge is 2.19. The van der Waals surface area contributed by atoms with Crippen LogP contribution in [-0.4, -0.2) is 37.2 Å². The van der Waals surface area contributed by atoms with Crippen LogP contribution in [0.4, 0.5) is 0 Å². The van der Waals surface area contributed by atoms with E-state index in [-0.39, 0.29) is 31.1 Å². The van der Waals surface area contributed by atoms with Crippen LogP contribution in [0.25, 0.3) is 0 Å². The van der Waals surface area contributed by atoms with Crippen molar-refractivity contribution in [2.24, 2.45) is 11.8 Å². The quantitative estimate of drug-likeness (QED) is 0.0346. The van der Waals surface area contributed by atoms with Gasteiger partial charge in [0, 0.05) is 19.3 Å². The number of hydrogen-bond donors (Lipinski definition) is 0. The lowest BCUT2D eigenvalue weighted by atomic mass is 10.0. The van der Waals surface area contributed by atoms with Crippen molar-refractivity contribution in [2.45, 2.75) is 285 Å². The Kier molecular flexibility index (Phi) is 42.7. The minimum atomic E-state index is -0.760. The van der Waals surface area contributed by atoms with E-state index in [1.165, 1.54) is 167 Å². The second-order valence-corrected chi connectivity index (χ2v) is 18.4. The second kappa shape index (κ2) is 44.0. The smallest absolute Gasteiger partial charge is 0.306 e. The van der Waals surface area contributed by atoms with Gasteiger partial charge in [-0.3, -0.25) is 14.4 Å². The van der Waals surface area contributed by atoms with E-state index in [0.29, 0.717) is 19.3 Å². The van der Waals surface area contributed by atoms with Crippen LogP contribution in [0.2, 0.25) is 0 Å². The number of unbranched alkanes of at least 4 members (excludes halogenated alkanes) is 30. The predicted octanol–water partition coefficient (Wildman–Crippen LogP) is 16.1. The lowest BCUT2D eigenvalue weighted by molar-refractivity contribution is -0.167. The molecule has 0 amide bonds. The van der Waals surface area contributed by atoms with Crippen LogP contribution >= 0.6 is 0 Å². The van der Waals surface area contributed by atoms with Gasteiger partial charge in [-0.15, -0.1) is 0 Å². The summed E-state index contributed by atoms with van der Waals surface area (Å²) in [4.78, 5) is 37.7. The van der Waals surface area contributed by atoms with Gasteiger partial charge in [-0.1, -0.05) is 240 Å². The molecule has 0 N–H and O–H groups in total. The summed E-state index contributed by atoms with van der Waals surface area (Å²) in [5, 5.41) is 0. The van der Waals surface area contributed by atoms with Crippen molar-refractivity contribution >= 4 is 17.9 Å². The normalized spacial score (nSPS) is 12.1. The first-order valence-electron chi connectivity index (χ1n) is 25.2. The number of carbonyl (C=O) groups excluding carboxylic acids is 3. The molecule has 0 aliphatic heterocycles. The SMILES string of the molecule is CCCCCCCCCC(=O)OC[C@@H](COC(=O)CCCCCCCCCCC(C)C)OC(=O)CCCCCCCCCCCCCCCCCCCCC(C)C. The zero-order valence-corrected chi connectivity index (χ0v) is 39.0. The summed E-state index contributed by atoms with van der Waals surface area (Å²) in [7, 11) is 0. The first-order valence-corrected chi connectivity index (χ1v) is 25.2. The Morgan fingerprint density at radius 2 is 0.579 bits per heavy atom. The van der Waals surface area contributed by atoms with Gasteiger partial charge in [-0.05, 0) is 31.1 Å². The van der Waals surface area contributed by atoms with Crippen molar-refractivity contribution < 1.29 is 28.6 Å². The Bertz CT molecular complexity index is 870. The first-order chi connectivity index (χ1) is 27.7. The van der Waals surface area contributed by atoms with E-state index in [1.807, 2.05) is 0 Å². The summed E-state index contributed by atoms with van der Waals surface area (Å²) in [6.45, 7) is 11.3. The Morgan fingerprint density at radius 1 is 0.333 bits per heavy atom. The molecule has 0 rings (SSSR count). The van der Waals surface area contributed by atoms with Crippen LogP contribution in [0.15, 0.2) is 0 Å². The fourth-order valence-electron chi connectivity index (χ4n) is 7.64. The predicted molar refractivity (Wildman–Crippen MR) is 243 cm³/mol. The molecule has 0 aromatic heterocycles. The van der Waals surface area contributed by atoms with Gasteiger partial charge >= 0.3 is 17.9 Å². The summed E-state index contributed by atoms with van der Waals surface area (Å²) in [6, 6.07) is 0. The highest BCUT2D eigenvalue weighted by Crippen LogP contribution is 2.17. The molecule has 0 heterocycles. The number of hydrogen-bond acceptors (Lipinski definition) is 6. The maximum absolute atomic E-state index is 12.7. The molecule has 0 saturated carbocycles. The number of carbonyl (C=O) groups is 3. The molecule has 0 aliphatic rings. The molecule has 0 aromatic carbocycles. The Morgan fingerprint density at radius 3 is 0.860 bits per heavy atom. The monoisotopic (exact) mass is 807 g/mol. The van der Waals surface area contributed by atoms with Crippen LogP contribution in [0.1, 0.15) is 279 Å². The van der Waals surface area contributed by atoms with Gasteiger partial charge in [0.25, 0.3) is 0 Å². The lowest BCUT2D eigenvalue weighted by Crippen LogP contribution is -2.30. The Hall–Kier alpha value is -1.59. The molecule has 6 heteroatoms. The number of esters is 3. The molecule has 0 bridgehead atoms. The molecular weight excluding hydrogens is 709 g/mol. The van der Waals surface area contributed by atoms with Crippen molar-refractivity contribution in [3.63, 3.8) is 0 Å². The first kappa shape index (κ1) is 55.4. The van der Waals surface area contributed by atoms with E-state index in [4.69, 9.17) is 14.2 Å². The van der Waals surface area contributed by atoms with Crippen molar-refractivity contribution in [1.82, 2.24) is 0 Å². The second-order valence-electron chi connectivity index (χ2n) is 18.4. The number of ether oxygens (including phenoxy) is 3. The van der Waals surface area contributed by atoms with Crippen molar-refractivity contribution in [1.29, 1.82) is 0 Å². The fraction of sp³-hybridized carbons (Fsp3) is 0.941. The average Bonchev–Trinajstić information content (AvgIpc) is 3.18. The maximum Gasteiger partial charge on any atom is 0.306 e. The maximum atomic E-state index is 12.7. The van der Waals surface area contributed by atoms with Crippen LogP contribution in [0.3, 0.4) is 0 Å². The van der Waals surface area contributed by atoms with E-state index in [1.54, 1.807) is 0 Å². The summed E-state index contributed by atoms with van der Waals surface area (Å²) in [5.41, 5.74) is 0. The van der Waals surface area contributed by atoms with Gasteiger partial charge in [0.2, 0.25) is 0 Å². The van der Waals surface area contributed by atoms with Crippen LogP contribution < -0.4 is 0 Å².